The van der Waals surface area contributed by atoms with Crippen LogP contribution < -0.4 is 10.6 Å². The third-order valence-corrected chi connectivity index (χ3v) is 3.80. The zero-order valence-corrected chi connectivity index (χ0v) is 11.3. The maximum Gasteiger partial charge on any atom is 0.133 e. The van der Waals surface area contributed by atoms with E-state index >= 15 is 0 Å². The molecule has 2 heterocycles. The van der Waals surface area contributed by atoms with E-state index < -0.39 is 0 Å². The van der Waals surface area contributed by atoms with Gasteiger partial charge < -0.3 is 10.6 Å². The summed E-state index contributed by atoms with van der Waals surface area (Å²) in [4.78, 5) is 6.66. The number of benzene rings is 1. The zero-order valence-electron chi connectivity index (χ0n) is 10.6. The summed E-state index contributed by atoms with van der Waals surface area (Å²) in [5.41, 5.74) is 8.32. The molecule has 0 saturated heterocycles. The molecule has 0 spiro atoms. The van der Waals surface area contributed by atoms with Crippen molar-refractivity contribution < 1.29 is 0 Å². The van der Waals surface area contributed by atoms with Crippen molar-refractivity contribution in [3.8, 4) is 0 Å². The Hall–Kier alpha value is -1.58. The molecule has 3 rings (SSSR count). The zero-order chi connectivity index (χ0) is 13.2. The van der Waals surface area contributed by atoms with Gasteiger partial charge in [-0.3, -0.25) is 0 Å². The molecule has 0 amide bonds. The number of para-hydroxylation sites is 1. The normalized spacial score (nSPS) is 17.6. The van der Waals surface area contributed by atoms with E-state index in [0.29, 0.717) is 17.5 Å². The minimum atomic E-state index is 0.485. The van der Waals surface area contributed by atoms with Gasteiger partial charge in [-0.1, -0.05) is 29.8 Å². The highest BCUT2D eigenvalue weighted by Crippen LogP contribution is 2.41. The highest BCUT2D eigenvalue weighted by Gasteiger charge is 2.28. The van der Waals surface area contributed by atoms with Gasteiger partial charge in [0.05, 0.1) is 5.02 Å². The lowest BCUT2D eigenvalue weighted by Crippen LogP contribution is -2.18. The molecule has 2 N–H and O–H groups in total. The van der Waals surface area contributed by atoms with Gasteiger partial charge in [-0.05, 0) is 36.7 Å². The van der Waals surface area contributed by atoms with Crippen LogP contribution in [0.15, 0.2) is 42.6 Å². The highest BCUT2D eigenvalue weighted by molar-refractivity contribution is 6.30. The van der Waals surface area contributed by atoms with E-state index in [1.54, 1.807) is 6.20 Å². The summed E-state index contributed by atoms with van der Waals surface area (Å²) >= 11 is 5.90. The van der Waals surface area contributed by atoms with Gasteiger partial charge in [0.2, 0.25) is 0 Å². The second-order valence-electron chi connectivity index (χ2n) is 4.78. The Morgan fingerprint density at radius 3 is 2.84 bits per heavy atom. The Morgan fingerprint density at radius 1 is 1.26 bits per heavy atom. The maximum absolute atomic E-state index is 5.90. The van der Waals surface area contributed by atoms with E-state index in [2.05, 4.69) is 34.1 Å². The van der Waals surface area contributed by atoms with Crippen molar-refractivity contribution in [2.75, 3.05) is 18.0 Å². The average Bonchev–Trinajstić information content (AvgIpc) is 2.80. The van der Waals surface area contributed by atoms with E-state index in [4.69, 9.17) is 17.3 Å². The highest BCUT2D eigenvalue weighted by atomic mass is 35.5. The number of nitrogens with zero attached hydrogens (tertiary/aromatic N) is 2. The molecular weight excluding hydrogens is 258 g/mol. The molecule has 19 heavy (non-hydrogen) atoms. The van der Waals surface area contributed by atoms with Crippen LogP contribution in [-0.4, -0.2) is 18.1 Å². The van der Waals surface area contributed by atoms with E-state index in [1.165, 1.54) is 11.3 Å². The molecule has 0 aliphatic carbocycles. The van der Waals surface area contributed by atoms with Gasteiger partial charge in [0.25, 0.3) is 0 Å². The number of hydrogen-bond donors (Lipinski definition) is 1. The second-order valence-corrected chi connectivity index (χ2v) is 5.21. The first-order valence-electron chi connectivity index (χ1n) is 6.47. The lowest BCUT2D eigenvalue weighted by molar-refractivity contribution is 0.667. The molecule has 0 bridgehead atoms. The lowest BCUT2D eigenvalue weighted by atomic mass is 9.98. The summed E-state index contributed by atoms with van der Waals surface area (Å²) in [7, 11) is 0. The molecule has 1 aliphatic rings. The van der Waals surface area contributed by atoms with Crippen LogP contribution in [0.5, 0.6) is 0 Å². The van der Waals surface area contributed by atoms with Crippen molar-refractivity contribution >= 4 is 23.1 Å². The molecule has 0 saturated carbocycles. The molecule has 98 valence electrons. The number of aromatic nitrogens is 1. The average molecular weight is 274 g/mol. The van der Waals surface area contributed by atoms with E-state index in [9.17, 15) is 0 Å². The molecule has 2 aromatic rings. The van der Waals surface area contributed by atoms with Crippen molar-refractivity contribution in [1.82, 2.24) is 4.98 Å². The Bertz CT molecular complexity index is 568. The second kappa shape index (κ2) is 5.19. The fourth-order valence-corrected chi connectivity index (χ4v) is 2.80. The number of halogens is 1. The molecule has 3 nitrogen and oxygen atoms in total. The number of pyridine rings is 1. The SMILES string of the molecule is NCCC1CN(c2ccc(Cl)cn2)c2ccccc21. The number of anilines is 2. The minimum Gasteiger partial charge on any atom is -0.330 e. The van der Waals surface area contributed by atoms with Gasteiger partial charge in [-0.25, -0.2) is 4.98 Å². The van der Waals surface area contributed by atoms with Crippen molar-refractivity contribution in [3.63, 3.8) is 0 Å². The summed E-state index contributed by atoms with van der Waals surface area (Å²) in [6.07, 6.45) is 2.69. The molecule has 1 unspecified atom stereocenters. The van der Waals surface area contributed by atoms with Crippen LogP contribution >= 0.6 is 11.6 Å². The minimum absolute atomic E-state index is 0.485. The first-order valence-corrected chi connectivity index (χ1v) is 6.85. The van der Waals surface area contributed by atoms with Crippen molar-refractivity contribution in [1.29, 1.82) is 0 Å². The summed E-state index contributed by atoms with van der Waals surface area (Å²) in [5, 5.41) is 0.662. The fraction of sp³-hybridized carbons (Fsp3) is 0.267. The number of nitrogens with two attached hydrogens (primary N) is 1. The maximum atomic E-state index is 5.90. The van der Waals surface area contributed by atoms with E-state index in [0.717, 1.165) is 18.8 Å². The summed E-state index contributed by atoms with van der Waals surface area (Å²) < 4.78 is 0. The largest absolute Gasteiger partial charge is 0.330 e. The predicted molar refractivity (Wildman–Crippen MR) is 79.1 cm³/mol. The molecule has 0 radical (unpaired) electrons. The fourth-order valence-electron chi connectivity index (χ4n) is 2.69. The molecule has 0 fully saturated rings. The lowest BCUT2D eigenvalue weighted by Gasteiger charge is -2.18. The number of hydrogen-bond acceptors (Lipinski definition) is 3. The molecule has 4 heteroatoms. The Kier molecular flexibility index (Phi) is 3.40. The van der Waals surface area contributed by atoms with Gasteiger partial charge in [0.1, 0.15) is 5.82 Å². The van der Waals surface area contributed by atoms with Gasteiger partial charge in [0, 0.05) is 24.3 Å². The third-order valence-electron chi connectivity index (χ3n) is 3.57. The van der Waals surface area contributed by atoms with Crippen LogP contribution in [0.3, 0.4) is 0 Å². The van der Waals surface area contributed by atoms with Gasteiger partial charge in [-0.15, -0.1) is 0 Å². The quantitative estimate of drug-likeness (QED) is 0.933. The smallest absolute Gasteiger partial charge is 0.133 e. The van der Waals surface area contributed by atoms with Crippen LogP contribution in [0.25, 0.3) is 0 Å². The van der Waals surface area contributed by atoms with Gasteiger partial charge in [-0.2, -0.15) is 0 Å². The van der Waals surface area contributed by atoms with E-state index in [-0.39, 0.29) is 0 Å². The van der Waals surface area contributed by atoms with Crippen LogP contribution in [-0.2, 0) is 0 Å². The van der Waals surface area contributed by atoms with Crippen LogP contribution in [0.4, 0.5) is 11.5 Å². The van der Waals surface area contributed by atoms with Crippen LogP contribution in [0, 0.1) is 0 Å². The topological polar surface area (TPSA) is 42.1 Å². The van der Waals surface area contributed by atoms with Crippen LogP contribution in [0.2, 0.25) is 5.02 Å². The Labute approximate surface area is 118 Å². The Balaban J connectivity index is 1.98. The standard InChI is InChI=1S/C15H16ClN3/c16-12-5-6-15(18-9-12)19-10-11(7-8-17)13-3-1-2-4-14(13)19/h1-6,9,11H,7-8,10,17H2. The van der Waals surface area contributed by atoms with Gasteiger partial charge >= 0.3 is 0 Å². The van der Waals surface area contributed by atoms with Crippen molar-refractivity contribution in [2.24, 2.45) is 5.73 Å². The monoisotopic (exact) mass is 273 g/mol. The van der Waals surface area contributed by atoms with Crippen molar-refractivity contribution in [2.45, 2.75) is 12.3 Å². The first-order chi connectivity index (χ1) is 9.29. The first kappa shape index (κ1) is 12.5. The molecular formula is C15H16ClN3. The predicted octanol–water partition coefficient (Wildman–Crippen LogP) is 3.32. The summed E-state index contributed by atoms with van der Waals surface area (Å²) in [6, 6.07) is 12.3. The van der Waals surface area contributed by atoms with Gasteiger partial charge in [0.15, 0.2) is 0 Å². The van der Waals surface area contributed by atoms with E-state index in [1.807, 2.05) is 12.1 Å². The third kappa shape index (κ3) is 2.31. The molecule has 1 atom stereocenters. The van der Waals surface area contributed by atoms with Crippen molar-refractivity contribution in [3.05, 3.63) is 53.2 Å². The molecule has 1 aromatic heterocycles. The Morgan fingerprint density at radius 2 is 2.11 bits per heavy atom. The summed E-state index contributed by atoms with van der Waals surface area (Å²) in [5.74, 6) is 1.43. The van der Waals surface area contributed by atoms with Crippen LogP contribution in [0.1, 0.15) is 17.9 Å². The molecule has 1 aromatic carbocycles. The molecule has 1 aliphatic heterocycles. The summed E-state index contributed by atoms with van der Waals surface area (Å²) in [6.45, 7) is 1.64. The number of fused-ring (bicyclic) bond motifs is 1. The number of rotatable bonds is 3.